The van der Waals surface area contributed by atoms with Crippen molar-refractivity contribution in [2.75, 3.05) is 0 Å². The molecule has 0 aromatic rings. The van der Waals surface area contributed by atoms with Crippen molar-refractivity contribution in [3.05, 3.63) is 0 Å². The predicted molar refractivity (Wildman–Crippen MR) is 7.84 cm³/mol. The molecule has 0 saturated carbocycles. The zero-order chi connectivity index (χ0) is 2.00. The van der Waals surface area contributed by atoms with Crippen LogP contribution in [0.1, 0.15) is 0 Å². The Hall–Kier alpha value is 2.49. The van der Waals surface area contributed by atoms with E-state index in [1.165, 1.54) is 16.2 Å². The monoisotopic (exact) mass is 164 g/mol. The Morgan fingerprint density at radius 1 is 1.25 bits per heavy atom. The fourth-order valence-electron chi connectivity index (χ4n) is 0. The van der Waals surface area contributed by atoms with Crippen molar-refractivity contribution in [3.63, 3.8) is 0 Å². The summed E-state index contributed by atoms with van der Waals surface area (Å²) in [4.78, 5) is 0. The molecule has 4 heavy (non-hydrogen) atoms. The molecule has 0 saturated heterocycles. The van der Waals surface area contributed by atoms with Gasteiger partial charge in [0.15, 0.2) is 0 Å². The van der Waals surface area contributed by atoms with Crippen LogP contribution in [0.5, 0.6) is 0 Å². The van der Waals surface area contributed by atoms with E-state index in [1.54, 1.807) is 0 Å². The van der Waals surface area contributed by atoms with Gasteiger partial charge in [0.05, 0.1) is 0 Å². The number of rotatable bonds is 0. The van der Waals surface area contributed by atoms with E-state index in [2.05, 4.69) is 0 Å². The third-order valence-corrected chi connectivity index (χ3v) is 0. The van der Waals surface area contributed by atoms with Crippen molar-refractivity contribution in [2.45, 2.75) is 0 Å². The molecule has 0 bridgehead atoms. The maximum absolute atomic E-state index is 8.12. The van der Waals surface area contributed by atoms with E-state index in [4.69, 9.17) is 3.80 Å². The van der Waals surface area contributed by atoms with E-state index in [1.807, 2.05) is 0 Å². The minimum atomic E-state index is 0. The molecule has 22 valence electrons. The summed E-state index contributed by atoms with van der Waals surface area (Å²) in [5, 5.41) is 0. The number of hydrogen-bond donors (Lipinski definition) is 0. The Morgan fingerprint density at radius 2 is 1.25 bits per heavy atom. The molecule has 0 aliphatic heterocycles. The van der Waals surface area contributed by atoms with Crippen LogP contribution in [0.15, 0.2) is 0 Å². The molecule has 0 aliphatic rings. The molecule has 0 N–H and O–H groups in total. The summed E-state index contributed by atoms with van der Waals surface area (Å²) >= 11 is 1.38. The summed E-state index contributed by atoms with van der Waals surface area (Å²) in [6.45, 7) is 0. The van der Waals surface area contributed by atoms with Gasteiger partial charge in [-0.3, -0.25) is 0 Å². The van der Waals surface area contributed by atoms with Gasteiger partial charge in [-0.15, -0.1) is 0 Å². The summed E-state index contributed by atoms with van der Waals surface area (Å²) < 4.78 is 8.12. The standard InChI is InChI=1S/Cr.Fe.K.O.H. The molecule has 1 nitrogen and oxygen atoms in total. The molecular weight excluding hydrogens is 163 g/mol. The average Bonchev–Trinajstić information content (AvgIpc) is 1.00. The van der Waals surface area contributed by atoms with E-state index >= 15 is 0 Å². The van der Waals surface area contributed by atoms with Gasteiger partial charge in [0.2, 0.25) is 0 Å². The van der Waals surface area contributed by atoms with Crippen LogP contribution in [-0.4, -0.2) is 51.4 Å². The topological polar surface area (TPSA) is 17.1 Å². The van der Waals surface area contributed by atoms with Gasteiger partial charge < -0.3 is 0 Å². The van der Waals surface area contributed by atoms with Crippen LogP contribution in [0.4, 0.5) is 0 Å². The van der Waals surface area contributed by atoms with Crippen LogP contribution >= 0.6 is 0 Å². The van der Waals surface area contributed by atoms with Crippen molar-refractivity contribution in [1.82, 2.24) is 0 Å². The summed E-state index contributed by atoms with van der Waals surface area (Å²) in [6, 6.07) is 0. The van der Waals surface area contributed by atoms with Gasteiger partial charge in [0, 0.05) is 17.1 Å². The van der Waals surface area contributed by atoms with E-state index in [0.717, 1.165) is 0 Å². The first-order valence-corrected chi connectivity index (χ1v) is 0.687. The molecule has 0 aromatic heterocycles. The first-order valence-electron chi connectivity index (χ1n) is 0.167. The van der Waals surface area contributed by atoms with E-state index in [0.29, 0.717) is 0 Å². The second kappa shape index (κ2) is 17.9. The molecule has 0 unspecified atom stereocenters. The van der Waals surface area contributed by atoms with E-state index < -0.39 is 0 Å². The average molecular weight is 164 g/mol. The van der Waals surface area contributed by atoms with Gasteiger partial charge in [0.1, 0.15) is 0 Å². The molecule has 0 aromatic carbocycles. The summed E-state index contributed by atoms with van der Waals surface area (Å²) in [5.74, 6) is 0. The molecule has 4 heteroatoms. The molecule has 0 spiro atoms. The zero-order valence-corrected chi connectivity index (χ0v) is 3.55. The normalized spacial score (nSPS) is 1.00. The van der Waals surface area contributed by atoms with Crippen LogP contribution in [0, 0.1) is 0 Å². The Kier molecular flexibility index (Phi) is 71.7. The van der Waals surface area contributed by atoms with Crippen molar-refractivity contribution in [2.24, 2.45) is 0 Å². The molecule has 0 fully saturated rings. The summed E-state index contributed by atoms with van der Waals surface area (Å²) in [7, 11) is 0. The second-order valence-corrected chi connectivity index (χ2v) is 0. The molecule has 0 rings (SSSR count). The zero-order valence-electron chi connectivity index (χ0n) is 1.17. The SMILES string of the molecule is [Fe].[KH].[O]=[Cr]. The van der Waals surface area contributed by atoms with Gasteiger partial charge in [-0.05, 0) is 0 Å². The van der Waals surface area contributed by atoms with Crippen LogP contribution < -0.4 is 0 Å². The van der Waals surface area contributed by atoms with Crippen molar-refractivity contribution >= 4 is 51.4 Å². The molecule has 0 amide bonds. The Labute approximate surface area is 86.4 Å². The quantitative estimate of drug-likeness (QED) is 0.429. The third kappa shape index (κ3) is 8.82. The molecule has 0 aliphatic carbocycles. The number of hydrogen-bond acceptors (Lipinski definition) is 1. The van der Waals surface area contributed by atoms with Crippen molar-refractivity contribution in [1.29, 1.82) is 0 Å². The maximum atomic E-state index is 8.12. The van der Waals surface area contributed by atoms with Crippen molar-refractivity contribution < 1.29 is 37.1 Å². The fourth-order valence-corrected chi connectivity index (χ4v) is 0. The first kappa shape index (κ1) is 16.1. The van der Waals surface area contributed by atoms with Gasteiger partial charge >= 0.3 is 71.4 Å². The Bertz CT molecular complexity index is 8.00. The van der Waals surface area contributed by atoms with Crippen molar-refractivity contribution in [3.8, 4) is 0 Å². The minimum absolute atomic E-state index is 0. The molecule has 0 radical (unpaired) electrons. The van der Waals surface area contributed by atoms with Crippen LogP contribution in [0.2, 0.25) is 0 Å². The summed E-state index contributed by atoms with van der Waals surface area (Å²) in [6.07, 6.45) is 0. The van der Waals surface area contributed by atoms with Gasteiger partial charge in [-0.25, -0.2) is 0 Å². The second-order valence-electron chi connectivity index (χ2n) is 0. The third-order valence-electron chi connectivity index (χ3n) is 0. The first-order chi connectivity index (χ1) is 1.00. The molecular formula is HCrFeKO. The Balaban J connectivity index is -0.00000000500. The summed E-state index contributed by atoms with van der Waals surface area (Å²) in [5.41, 5.74) is 0. The van der Waals surface area contributed by atoms with Crippen LogP contribution in [0.3, 0.4) is 0 Å². The van der Waals surface area contributed by atoms with Crippen LogP contribution in [-0.2, 0) is 37.1 Å². The predicted octanol–water partition coefficient (Wildman–Crippen LogP) is -0.772. The Morgan fingerprint density at radius 3 is 1.25 bits per heavy atom. The fraction of sp³-hybridized carbons (Fsp3) is 0. The molecule has 0 atom stereocenters. The van der Waals surface area contributed by atoms with Gasteiger partial charge in [-0.1, -0.05) is 0 Å². The molecule has 0 heterocycles. The van der Waals surface area contributed by atoms with E-state index in [9.17, 15) is 0 Å². The van der Waals surface area contributed by atoms with Gasteiger partial charge in [-0.2, -0.15) is 0 Å². The van der Waals surface area contributed by atoms with Gasteiger partial charge in [0.25, 0.3) is 0 Å². The van der Waals surface area contributed by atoms with Crippen LogP contribution in [0.25, 0.3) is 0 Å². The van der Waals surface area contributed by atoms with E-state index in [-0.39, 0.29) is 68.5 Å².